The fourth-order valence-electron chi connectivity index (χ4n) is 5.70. The third-order valence-electron chi connectivity index (χ3n) is 7.60. The van der Waals surface area contributed by atoms with Crippen LogP contribution in [0.25, 0.3) is 0 Å². The van der Waals surface area contributed by atoms with Crippen LogP contribution in [0.5, 0.6) is 5.75 Å². The Morgan fingerprint density at radius 1 is 0.972 bits per heavy atom. The molecule has 5 rings (SSSR count). The van der Waals surface area contributed by atoms with Crippen LogP contribution in [0.4, 0.5) is 0 Å². The van der Waals surface area contributed by atoms with E-state index in [9.17, 15) is 4.79 Å². The van der Waals surface area contributed by atoms with E-state index in [1.807, 2.05) is 12.3 Å². The number of primary amides is 1. The van der Waals surface area contributed by atoms with Crippen LogP contribution < -0.4 is 10.5 Å². The second kappa shape index (κ2) is 11.7. The zero-order valence-corrected chi connectivity index (χ0v) is 20.9. The van der Waals surface area contributed by atoms with Crippen LogP contribution in [0.3, 0.4) is 0 Å². The average molecular weight is 485 g/mol. The number of pyridine rings is 1. The first kappa shape index (κ1) is 24.5. The van der Waals surface area contributed by atoms with Crippen LogP contribution >= 0.6 is 0 Å². The van der Waals surface area contributed by atoms with Gasteiger partial charge in [-0.3, -0.25) is 14.7 Å². The highest BCUT2D eigenvalue weighted by atomic mass is 16.5. The molecule has 2 unspecified atom stereocenters. The number of fused-ring (bicyclic) bond motifs is 2. The van der Waals surface area contributed by atoms with E-state index in [1.54, 1.807) is 6.20 Å². The molecule has 0 saturated carbocycles. The minimum absolute atomic E-state index is 0.158. The van der Waals surface area contributed by atoms with E-state index in [1.165, 1.54) is 16.7 Å². The van der Waals surface area contributed by atoms with Gasteiger partial charge in [-0.05, 0) is 54.1 Å². The predicted molar refractivity (Wildman–Crippen MR) is 142 cm³/mol. The second-order valence-electron chi connectivity index (χ2n) is 9.95. The van der Waals surface area contributed by atoms with Gasteiger partial charge in [-0.1, -0.05) is 55.0 Å². The molecule has 0 spiro atoms. The lowest BCUT2D eigenvalue weighted by Gasteiger charge is -2.40. The van der Waals surface area contributed by atoms with Gasteiger partial charge in [0.05, 0.1) is 6.04 Å². The van der Waals surface area contributed by atoms with Gasteiger partial charge in [0.15, 0.2) is 0 Å². The largest absolute Gasteiger partial charge is 0.489 e. The summed E-state index contributed by atoms with van der Waals surface area (Å²) in [7, 11) is 0. The Morgan fingerprint density at radius 3 is 2.53 bits per heavy atom. The molecule has 6 nitrogen and oxygen atoms in total. The number of para-hydroxylation sites is 1. The molecule has 1 saturated heterocycles. The van der Waals surface area contributed by atoms with Gasteiger partial charge in [-0.25, -0.2) is 0 Å². The molecule has 1 aromatic heterocycles. The Bertz CT molecular complexity index is 1100. The Morgan fingerprint density at radius 2 is 1.75 bits per heavy atom. The van der Waals surface area contributed by atoms with Gasteiger partial charge in [0, 0.05) is 50.6 Å². The molecule has 0 bridgehead atoms. The van der Waals surface area contributed by atoms with Crippen LogP contribution in [0, 0.1) is 0 Å². The standard InChI is InChI=1S/C30H36N4O2/c31-29(35)20-23(24-10-7-14-32-21-24)8-5-6-15-33-16-18-34(19-17-33)30-26-11-2-1-9-25(26)22-36-28-13-4-3-12-27(28)30/h1-4,7,9-14,21,23,30H,5-6,8,15-20,22H2,(H2,31,35). The first-order valence-electron chi connectivity index (χ1n) is 13.1. The van der Waals surface area contributed by atoms with Crippen molar-refractivity contribution in [3.05, 3.63) is 95.3 Å². The SMILES string of the molecule is NC(=O)CC(CCCCN1CCN(C2c3ccccc3COc3ccccc32)CC1)c1cccnc1. The van der Waals surface area contributed by atoms with Gasteiger partial charge in [0.25, 0.3) is 0 Å². The molecule has 2 aliphatic rings. The van der Waals surface area contributed by atoms with Gasteiger partial charge in [-0.15, -0.1) is 0 Å². The van der Waals surface area contributed by atoms with Gasteiger partial charge < -0.3 is 15.4 Å². The number of hydrogen-bond acceptors (Lipinski definition) is 5. The highest BCUT2D eigenvalue weighted by molar-refractivity contribution is 5.74. The van der Waals surface area contributed by atoms with Gasteiger partial charge in [0.1, 0.15) is 12.4 Å². The summed E-state index contributed by atoms with van der Waals surface area (Å²) in [6.45, 7) is 5.91. The molecule has 2 N–H and O–H groups in total. The summed E-state index contributed by atoms with van der Waals surface area (Å²) in [6.07, 6.45) is 7.18. The lowest BCUT2D eigenvalue weighted by atomic mass is 9.91. The molecule has 3 heterocycles. The first-order chi connectivity index (χ1) is 17.7. The molecule has 2 aliphatic heterocycles. The summed E-state index contributed by atoms with van der Waals surface area (Å²) in [6, 6.07) is 21.4. The third kappa shape index (κ3) is 5.77. The van der Waals surface area contributed by atoms with E-state index in [-0.39, 0.29) is 17.9 Å². The molecule has 1 amide bonds. The van der Waals surface area contributed by atoms with Crippen molar-refractivity contribution in [2.24, 2.45) is 5.73 Å². The molecule has 188 valence electrons. The molecule has 36 heavy (non-hydrogen) atoms. The molecule has 0 aliphatic carbocycles. The number of unbranched alkanes of at least 4 members (excludes halogenated alkanes) is 1. The number of ether oxygens (including phenoxy) is 1. The average Bonchev–Trinajstić information content (AvgIpc) is 3.08. The number of carbonyl (C=O) groups excluding carboxylic acids is 1. The summed E-state index contributed by atoms with van der Waals surface area (Å²) >= 11 is 0. The van der Waals surface area contributed by atoms with Crippen molar-refractivity contribution in [3.8, 4) is 5.75 Å². The Labute approximate surface area is 214 Å². The second-order valence-corrected chi connectivity index (χ2v) is 9.95. The van der Waals surface area contributed by atoms with E-state index >= 15 is 0 Å². The van der Waals surface area contributed by atoms with Gasteiger partial charge in [0.2, 0.25) is 5.91 Å². The van der Waals surface area contributed by atoms with Crippen molar-refractivity contribution in [1.82, 2.24) is 14.8 Å². The van der Waals surface area contributed by atoms with Crippen molar-refractivity contribution in [3.63, 3.8) is 0 Å². The van der Waals surface area contributed by atoms with Crippen molar-refractivity contribution >= 4 is 5.91 Å². The van der Waals surface area contributed by atoms with Crippen molar-refractivity contribution < 1.29 is 9.53 Å². The van der Waals surface area contributed by atoms with E-state index in [0.29, 0.717) is 13.0 Å². The zero-order valence-electron chi connectivity index (χ0n) is 20.9. The maximum absolute atomic E-state index is 11.6. The monoisotopic (exact) mass is 484 g/mol. The highest BCUT2D eigenvalue weighted by Crippen LogP contribution is 2.39. The molecular formula is C30H36N4O2. The van der Waals surface area contributed by atoms with Crippen LogP contribution in [0.2, 0.25) is 0 Å². The molecule has 0 radical (unpaired) electrons. The van der Waals surface area contributed by atoms with Gasteiger partial charge in [-0.2, -0.15) is 0 Å². The topological polar surface area (TPSA) is 71.7 Å². The smallest absolute Gasteiger partial charge is 0.218 e. The lowest BCUT2D eigenvalue weighted by Crippen LogP contribution is -2.48. The summed E-state index contributed by atoms with van der Waals surface area (Å²) in [5, 5.41) is 0. The van der Waals surface area contributed by atoms with Crippen LogP contribution in [-0.4, -0.2) is 53.4 Å². The van der Waals surface area contributed by atoms with Crippen LogP contribution in [0.15, 0.2) is 73.1 Å². The Hall–Kier alpha value is -3.22. The number of nitrogens with two attached hydrogens (primary N) is 1. The third-order valence-corrected chi connectivity index (χ3v) is 7.60. The van der Waals surface area contributed by atoms with Gasteiger partial charge >= 0.3 is 0 Å². The van der Waals surface area contributed by atoms with E-state index in [4.69, 9.17) is 10.5 Å². The molecule has 2 aromatic carbocycles. The quantitative estimate of drug-likeness (QED) is 0.453. The number of piperazine rings is 1. The molecule has 3 aromatic rings. The lowest BCUT2D eigenvalue weighted by molar-refractivity contribution is -0.118. The number of amides is 1. The minimum atomic E-state index is -0.243. The molecule has 2 atom stereocenters. The van der Waals surface area contributed by atoms with E-state index in [2.05, 4.69) is 69.4 Å². The molecule has 1 fully saturated rings. The maximum Gasteiger partial charge on any atom is 0.218 e. The zero-order chi connectivity index (χ0) is 24.7. The maximum atomic E-state index is 11.6. The van der Waals surface area contributed by atoms with E-state index in [0.717, 1.165) is 63.3 Å². The Balaban J connectivity index is 1.16. The van der Waals surface area contributed by atoms with Crippen LogP contribution in [-0.2, 0) is 11.4 Å². The highest BCUT2D eigenvalue weighted by Gasteiger charge is 2.31. The summed E-state index contributed by atoms with van der Waals surface area (Å²) in [4.78, 5) is 21.0. The summed E-state index contributed by atoms with van der Waals surface area (Å²) in [5.41, 5.74) is 10.5. The fourth-order valence-corrected chi connectivity index (χ4v) is 5.70. The number of nitrogens with zero attached hydrogens (tertiary/aromatic N) is 3. The fraction of sp³-hybridized carbons (Fsp3) is 0.400. The van der Waals surface area contributed by atoms with E-state index < -0.39 is 0 Å². The summed E-state index contributed by atoms with van der Waals surface area (Å²) in [5.74, 6) is 0.915. The van der Waals surface area contributed by atoms with Crippen LogP contribution in [0.1, 0.15) is 59.9 Å². The van der Waals surface area contributed by atoms with Crippen molar-refractivity contribution in [2.75, 3.05) is 32.7 Å². The summed E-state index contributed by atoms with van der Waals surface area (Å²) < 4.78 is 6.19. The predicted octanol–water partition coefficient (Wildman–Crippen LogP) is 4.51. The number of hydrogen-bond donors (Lipinski definition) is 1. The van der Waals surface area contributed by atoms with Crippen molar-refractivity contribution in [1.29, 1.82) is 0 Å². The minimum Gasteiger partial charge on any atom is -0.489 e. The number of benzene rings is 2. The number of aromatic nitrogens is 1. The first-order valence-corrected chi connectivity index (χ1v) is 13.1. The number of rotatable bonds is 9. The Kier molecular flexibility index (Phi) is 7.94. The normalized spacial score (nSPS) is 18.9. The molecule has 6 heteroatoms. The van der Waals surface area contributed by atoms with Crippen molar-refractivity contribution in [2.45, 2.75) is 44.2 Å². The number of carbonyl (C=O) groups is 1. The molecular weight excluding hydrogens is 448 g/mol.